The molecule has 2 heterocycles. The molecule has 156 valence electrons. The normalized spacial score (nSPS) is 14.8. The second-order valence-electron chi connectivity index (χ2n) is 7.00. The van der Waals surface area contributed by atoms with Gasteiger partial charge in [-0.1, -0.05) is 33.3 Å². The summed E-state index contributed by atoms with van der Waals surface area (Å²) in [7, 11) is 0. The third-order valence-corrected chi connectivity index (χ3v) is 6.59. The van der Waals surface area contributed by atoms with Crippen molar-refractivity contribution in [3.05, 3.63) is 62.6 Å². The van der Waals surface area contributed by atoms with Gasteiger partial charge in [-0.25, -0.2) is 4.98 Å². The van der Waals surface area contributed by atoms with Crippen molar-refractivity contribution in [2.24, 2.45) is 0 Å². The second-order valence-corrected chi connectivity index (χ2v) is 8.93. The molecule has 30 heavy (non-hydrogen) atoms. The zero-order valence-electron chi connectivity index (χ0n) is 16.1. The number of nitrogens with zero attached hydrogens (tertiary/aromatic N) is 4. The molecule has 1 saturated heterocycles. The van der Waals surface area contributed by atoms with Crippen molar-refractivity contribution in [2.75, 3.05) is 44.2 Å². The van der Waals surface area contributed by atoms with Gasteiger partial charge in [0.15, 0.2) is 5.13 Å². The minimum absolute atomic E-state index is 0.0824. The van der Waals surface area contributed by atoms with E-state index in [9.17, 15) is 14.9 Å². The number of nitrogens with one attached hydrogen (secondary N) is 1. The van der Waals surface area contributed by atoms with Gasteiger partial charge in [0, 0.05) is 61.4 Å². The largest absolute Gasteiger partial charge is 0.351 e. The van der Waals surface area contributed by atoms with Gasteiger partial charge in [-0.05, 0) is 24.3 Å². The number of non-ortho nitro benzene ring substituents is 1. The fourth-order valence-electron chi connectivity index (χ4n) is 3.37. The van der Waals surface area contributed by atoms with Crippen LogP contribution in [0.2, 0.25) is 0 Å². The summed E-state index contributed by atoms with van der Waals surface area (Å²) < 4.78 is 2.23. The Kier molecular flexibility index (Phi) is 6.26. The van der Waals surface area contributed by atoms with Gasteiger partial charge in [0.25, 0.3) is 11.6 Å². The molecule has 0 saturated carbocycles. The predicted molar refractivity (Wildman–Crippen MR) is 121 cm³/mol. The number of carbonyl (C=O) groups is 1. The Labute approximate surface area is 185 Å². The molecule has 3 aromatic rings. The van der Waals surface area contributed by atoms with Crippen molar-refractivity contribution in [2.45, 2.75) is 0 Å². The molecule has 1 amide bonds. The van der Waals surface area contributed by atoms with Crippen LogP contribution in [-0.2, 0) is 0 Å². The van der Waals surface area contributed by atoms with Crippen LogP contribution in [0.15, 0.2) is 46.9 Å². The van der Waals surface area contributed by atoms with Crippen LogP contribution in [0, 0.1) is 10.1 Å². The molecule has 0 spiro atoms. The van der Waals surface area contributed by atoms with Gasteiger partial charge in [-0.3, -0.25) is 19.8 Å². The minimum atomic E-state index is -0.499. The summed E-state index contributed by atoms with van der Waals surface area (Å²) in [6.45, 7) is 4.80. The number of thiazole rings is 1. The fourth-order valence-corrected chi connectivity index (χ4v) is 4.94. The Hall–Kier alpha value is -2.56. The van der Waals surface area contributed by atoms with Crippen LogP contribution in [0.3, 0.4) is 0 Å². The van der Waals surface area contributed by atoms with Crippen LogP contribution < -0.4 is 10.2 Å². The summed E-state index contributed by atoms with van der Waals surface area (Å²) >= 11 is 5.21. The summed E-state index contributed by atoms with van der Waals surface area (Å²) in [6.07, 6.45) is 0. The molecule has 0 unspecified atom stereocenters. The maximum atomic E-state index is 12.2. The van der Waals surface area contributed by atoms with E-state index in [4.69, 9.17) is 4.98 Å². The topological polar surface area (TPSA) is 91.6 Å². The molecule has 4 rings (SSSR count). The quantitative estimate of drug-likeness (QED) is 0.420. The van der Waals surface area contributed by atoms with Gasteiger partial charge in [0.2, 0.25) is 0 Å². The van der Waals surface area contributed by atoms with Crippen molar-refractivity contribution in [1.29, 1.82) is 0 Å². The average Bonchev–Trinajstić information content (AvgIpc) is 3.17. The Balaban J connectivity index is 1.25. The first kappa shape index (κ1) is 20.7. The Morgan fingerprint density at radius 3 is 2.77 bits per heavy atom. The molecule has 8 nitrogen and oxygen atoms in total. The number of halogens is 1. The van der Waals surface area contributed by atoms with Gasteiger partial charge in [-0.15, -0.1) is 0 Å². The SMILES string of the molecule is O=C(NCCN1CCN(c2nc3ccc(Br)cc3s2)CC1)c1cccc([N+](=O)[O-])c1. The summed E-state index contributed by atoms with van der Waals surface area (Å²) in [5.41, 5.74) is 1.24. The Morgan fingerprint density at radius 1 is 1.20 bits per heavy atom. The lowest BCUT2D eigenvalue weighted by molar-refractivity contribution is -0.384. The summed E-state index contributed by atoms with van der Waals surface area (Å²) in [4.78, 5) is 31.9. The zero-order valence-corrected chi connectivity index (χ0v) is 18.5. The van der Waals surface area contributed by atoms with Crippen LogP contribution in [0.1, 0.15) is 10.4 Å². The Bertz CT molecular complexity index is 1080. The number of hydrogen-bond donors (Lipinski definition) is 1. The highest BCUT2D eigenvalue weighted by Gasteiger charge is 2.20. The highest BCUT2D eigenvalue weighted by Crippen LogP contribution is 2.31. The maximum Gasteiger partial charge on any atom is 0.270 e. The molecular weight excluding hydrogens is 470 g/mol. The number of carbonyl (C=O) groups excluding carboxylic acids is 1. The van der Waals surface area contributed by atoms with Crippen LogP contribution >= 0.6 is 27.3 Å². The second kappa shape index (κ2) is 9.07. The van der Waals surface area contributed by atoms with E-state index < -0.39 is 4.92 Å². The summed E-state index contributed by atoms with van der Waals surface area (Å²) in [5.74, 6) is -0.294. The number of nitro groups is 1. The van der Waals surface area contributed by atoms with Gasteiger partial charge in [0.05, 0.1) is 15.1 Å². The van der Waals surface area contributed by atoms with E-state index in [1.54, 1.807) is 17.4 Å². The molecule has 0 radical (unpaired) electrons. The lowest BCUT2D eigenvalue weighted by Crippen LogP contribution is -2.48. The summed E-state index contributed by atoms with van der Waals surface area (Å²) in [6, 6.07) is 11.9. The molecule has 1 N–H and O–H groups in total. The highest BCUT2D eigenvalue weighted by atomic mass is 79.9. The van der Waals surface area contributed by atoms with Crippen LogP contribution in [0.4, 0.5) is 10.8 Å². The molecule has 1 aliphatic heterocycles. The molecule has 1 aliphatic rings. The third kappa shape index (κ3) is 4.77. The summed E-state index contributed by atoms with van der Waals surface area (Å²) in [5, 5.41) is 14.7. The standard InChI is InChI=1S/C20H20BrN5O3S/c21-15-4-5-17-18(13-15)30-20(23-17)25-10-8-24(9-11-25)7-6-22-19(27)14-2-1-3-16(12-14)26(28)29/h1-5,12-13H,6-11H2,(H,22,27). The van der Waals surface area contributed by atoms with Crippen LogP contribution in [-0.4, -0.2) is 60.0 Å². The number of nitro benzene ring substituents is 1. The lowest BCUT2D eigenvalue weighted by Gasteiger charge is -2.34. The number of benzene rings is 2. The first-order chi connectivity index (χ1) is 14.5. The van der Waals surface area contributed by atoms with E-state index >= 15 is 0 Å². The van der Waals surface area contributed by atoms with Gasteiger partial charge < -0.3 is 10.2 Å². The van der Waals surface area contributed by atoms with Gasteiger partial charge >= 0.3 is 0 Å². The van der Waals surface area contributed by atoms with Crippen molar-refractivity contribution in [3.8, 4) is 0 Å². The van der Waals surface area contributed by atoms with Crippen molar-refractivity contribution in [1.82, 2.24) is 15.2 Å². The number of piperazine rings is 1. The third-order valence-electron chi connectivity index (χ3n) is 5.01. The number of rotatable bonds is 6. The first-order valence-corrected chi connectivity index (χ1v) is 11.2. The number of amides is 1. The Morgan fingerprint density at radius 2 is 2.00 bits per heavy atom. The number of anilines is 1. The average molecular weight is 490 g/mol. The van der Waals surface area contributed by atoms with Crippen molar-refractivity contribution < 1.29 is 9.72 Å². The highest BCUT2D eigenvalue weighted by molar-refractivity contribution is 9.10. The molecule has 0 aliphatic carbocycles. The van der Waals surface area contributed by atoms with Crippen LogP contribution in [0.5, 0.6) is 0 Å². The molecule has 2 aromatic carbocycles. The van der Waals surface area contributed by atoms with Gasteiger partial charge in [-0.2, -0.15) is 0 Å². The molecule has 0 atom stereocenters. The molecular formula is C20H20BrN5O3S. The first-order valence-electron chi connectivity index (χ1n) is 9.56. The smallest absolute Gasteiger partial charge is 0.270 e. The lowest BCUT2D eigenvalue weighted by atomic mass is 10.2. The number of aromatic nitrogens is 1. The van der Waals surface area contributed by atoms with Crippen LogP contribution in [0.25, 0.3) is 10.2 Å². The number of fused-ring (bicyclic) bond motifs is 1. The van der Waals surface area contributed by atoms with Crippen molar-refractivity contribution >= 4 is 54.2 Å². The van der Waals surface area contributed by atoms with E-state index in [1.807, 2.05) is 12.1 Å². The van der Waals surface area contributed by atoms with E-state index in [1.165, 1.54) is 22.9 Å². The zero-order chi connectivity index (χ0) is 21.1. The van der Waals surface area contributed by atoms with Crippen molar-refractivity contribution in [3.63, 3.8) is 0 Å². The fraction of sp³-hybridized carbons (Fsp3) is 0.300. The van der Waals surface area contributed by atoms with E-state index in [-0.39, 0.29) is 11.6 Å². The van der Waals surface area contributed by atoms with E-state index in [0.29, 0.717) is 12.1 Å². The molecule has 0 bridgehead atoms. The minimum Gasteiger partial charge on any atom is -0.351 e. The molecule has 1 aromatic heterocycles. The monoisotopic (exact) mass is 489 g/mol. The maximum absolute atomic E-state index is 12.2. The van der Waals surface area contributed by atoms with Gasteiger partial charge in [0.1, 0.15) is 0 Å². The molecule has 10 heteroatoms. The van der Waals surface area contributed by atoms with E-state index in [0.717, 1.165) is 47.8 Å². The van der Waals surface area contributed by atoms with E-state index in [2.05, 4.69) is 37.1 Å². The predicted octanol–water partition coefficient (Wildman–Crippen LogP) is 3.52. The number of hydrogen-bond acceptors (Lipinski definition) is 7. The molecule has 1 fully saturated rings.